The molecule has 0 radical (unpaired) electrons. The summed E-state index contributed by atoms with van der Waals surface area (Å²) in [6, 6.07) is 30.9. The van der Waals surface area contributed by atoms with Crippen molar-refractivity contribution in [2.75, 3.05) is 11.9 Å². The molecule has 0 aliphatic carbocycles. The molecule has 5 aromatic rings. The number of anilines is 1. The van der Waals surface area contributed by atoms with E-state index >= 15 is 0 Å². The van der Waals surface area contributed by atoms with Gasteiger partial charge in [0.15, 0.2) is 0 Å². The van der Waals surface area contributed by atoms with Crippen LogP contribution in [0.25, 0.3) is 11.3 Å². The topological polar surface area (TPSA) is 86.5 Å². The highest BCUT2D eigenvalue weighted by atomic mass is 16.5. The normalized spacial score (nSPS) is 11.5. The van der Waals surface area contributed by atoms with Gasteiger partial charge in [-0.05, 0) is 54.4 Å². The van der Waals surface area contributed by atoms with Gasteiger partial charge in [0.25, 0.3) is 0 Å². The van der Waals surface area contributed by atoms with Gasteiger partial charge in [-0.15, -0.1) is 0 Å². The van der Waals surface area contributed by atoms with E-state index in [2.05, 4.69) is 5.32 Å². The van der Waals surface area contributed by atoms with Crippen LogP contribution in [0, 0.1) is 0 Å². The molecule has 2 aromatic heterocycles. The molecule has 5 rings (SSSR count). The summed E-state index contributed by atoms with van der Waals surface area (Å²) in [5.41, 5.74) is 4.56. The van der Waals surface area contributed by atoms with E-state index in [1.165, 1.54) is 0 Å². The van der Waals surface area contributed by atoms with Crippen molar-refractivity contribution in [3.8, 4) is 17.0 Å². The maximum absolute atomic E-state index is 12.8. The second-order valence-electron chi connectivity index (χ2n) is 9.24. The van der Waals surface area contributed by atoms with Crippen LogP contribution >= 0.6 is 0 Å². The van der Waals surface area contributed by atoms with Gasteiger partial charge in [0.1, 0.15) is 30.0 Å². The Balaban J connectivity index is 1.39. The number of aromatic nitrogens is 2. The molecule has 7 heteroatoms. The zero-order valence-corrected chi connectivity index (χ0v) is 22.3. The van der Waals surface area contributed by atoms with Crippen molar-refractivity contribution in [1.29, 1.82) is 0 Å². The van der Waals surface area contributed by atoms with Crippen LogP contribution in [0.2, 0.25) is 0 Å². The zero-order chi connectivity index (χ0) is 27.6. The van der Waals surface area contributed by atoms with E-state index in [-0.39, 0.29) is 12.6 Å². The number of nitrogens with zero attached hydrogens (tertiary/aromatic N) is 2. The van der Waals surface area contributed by atoms with Crippen LogP contribution in [0.5, 0.6) is 5.75 Å². The van der Waals surface area contributed by atoms with Crippen LogP contribution in [-0.4, -0.2) is 28.6 Å². The van der Waals surface area contributed by atoms with Gasteiger partial charge in [-0.1, -0.05) is 60.7 Å². The monoisotopic (exact) mass is 533 g/mol. The van der Waals surface area contributed by atoms with Crippen molar-refractivity contribution in [2.24, 2.45) is 0 Å². The Morgan fingerprint density at radius 3 is 2.30 bits per heavy atom. The molecule has 0 spiro atoms. The second-order valence-corrected chi connectivity index (χ2v) is 9.24. The molecular weight excluding hydrogens is 502 g/mol. The smallest absolute Gasteiger partial charge is 0.329 e. The number of ether oxygens (including phenoxy) is 2. The highest BCUT2D eigenvalue weighted by Gasteiger charge is 2.24. The fourth-order valence-corrected chi connectivity index (χ4v) is 4.29. The van der Waals surface area contributed by atoms with Crippen LogP contribution < -0.4 is 10.1 Å². The summed E-state index contributed by atoms with van der Waals surface area (Å²) in [6.07, 6.45) is 4.17. The van der Waals surface area contributed by atoms with Gasteiger partial charge >= 0.3 is 5.97 Å². The number of esters is 1. The summed E-state index contributed by atoms with van der Waals surface area (Å²) in [6.45, 7) is 2.57. The van der Waals surface area contributed by atoms with Gasteiger partial charge in [-0.2, -0.15) is 0 Å². The Hall–Kier alpha value is -4.91. The number of hydrogen-bond acceptors (Lipinski definition) is 7. The van der Waals surface area contributed by atoms with E-state index in [1.54, 1.807) is 25.5 Å². The average Bonchev–Trinajstić information content (AvgIpc) is 3.51. The number of benzene rings is 3. The number of hydrogen-bond donors (Lipinski definition) is 1. The average molecular weight is 534 g/mol. The third-order valence-electron chi connectivity index (χ3n) is 6.32. The molecule has 1 atom stereocenters. The van der Waals surface area contributed by atoms with E-state index in [4.69, 9.17) is 23.9 Å². The molecule has 0 aliphatic rings. The van der Waals surface area contributed by atoms with Crippen LogP contribution in [0.3, 0.4) is 0 Å². The summed E-state index contributed by atoms with van der Waals surface area (Å²) in [7, 11) is 0. The molecule has 202 valence electrons. The number of carbonyl (C=O) groups excluding carboxylic acids is 1. The molecule has 1 unspecified atom stereocenters. The summed E-state index contributed by atoms with van der Waals surface area (Å²) < 4.78 is 16.8. The Morgan fingerprint density at radius 2 is 1.62 bits per heavy atom. The first-order valence-electron chi connectivity index (χ1n) is 13.3. The van der Waals surface area contributed by atoms with Crippen LogP contribution in [0.1, 0.15) is 29.5 Å². The minimum absolute atomic E-state index is 0.279. The summed E-state index contributed by atoms with van der Waals surface area (Å²) >= 11 is 0. The number of rotatable bonds is 12. The largest absolute Gasteiger partial charge is 0.489 e. The zero-order valence-electron chi connectivity index (χ0n) is 22.3. The lowest BCUT2D eigenvalue weighted by atomic mass is 10.1. The van der Waals surface area contributed by atoms with Gasteiger partial charge in [0.05, 0.1) is 30.5 Å². The van der Waals surface area contributed by atoms with Crippen molar-refractivity contribution >= 4 is 11.8 Å². The number of nitrogens with one attached hydrogen (secondary N) is 1. The Morgan fingerprint density at radius 1 is 0.900 bits per heavy atom. The molecule has 0 fully saturated rings. The number of furan rings is 1. The molecule has 0 bridgehead atoms. The highest BCUT2D eigenvalue weighted by Crippen LogP contribution is 2.25. The van der Waals surface area contributed by atoms with Gasteiger partial charge in [-0.25, -0.2) is 14.8 Å². The lowest BCUT2D eigenvalue weighted by Gasteiger charge is -2.19. The van der Waals surface area contributed by atoms with Crippen molar-refractivity contribution in [3.63, 3.8) is 0 Å². The van der Waals surface area contributed by atoms with E-state index < -0.39 is 6.04 Å². The van der Waals surface area contributed by atoms with Gasteiger partial charge in [-0.3, -0.25) is 0 Å². The molecule has 0 amide bonds. The molecule has 1 N–H and O–H groups in total. The van der Waals surface area contributed by atoms with Gasteiger partial charge in [0.2, 0.25) is 0 Å². The van der Waals surface area contributed by atoms with Gasteiger partial charge in [0, 0.05) is 18.4 Å². The van der Waals surface area contributed by atoms with E-state index in [1.807, 2.05) is 91.0 Å². The standard InChI is InChI=1S/C33H31N3O4/c1-2-38-33(37)30(21-28-14-9-19-39-28)36-32-29(20-24-10-5-3-6-11-24)35-31(22-34-32)26-15-17-27(18-16-26)40-23-25-12-7-4-8-13-25/h3-19,22,30H,2,20-21,23H2,1H3,(H,34,36). The SMILES string of the molecule is CCOC(=O)C(Cc1ccco1)Nc1ncc(-c2ccc(OCc3ccccc3)cc2)nc1Cc1ccccc1. The van der Waals surface area contributed by atoms with E-state index in [0.29, 0.717) is 31.0 Å². The van der Waals surface area contributed by atoms with E-state index in [0.717, 1.165) is 33.8 Å². The quantitative estimate of drug-likeness (QED) is 0.183. The molecular formula is C33H31N3O4. The summed E-state index contributed by atoms with van der Waals surface area (Å²) in [5.74, 6) is 1.61. The van der Waals surface area contributed by atoms with Gasteiger partial charge < -0.3 is 19.2 Å². The molecule has 2 heterocycles. The lowest BCUT2D eigenvalue weighted by Crippen LogP contribution is -2.34. The maximum Gasteiger partial charge on any atom is 0.329 e. The third-order valence-corrected chi connectivity index (χ3v) is 6.32. The minimum Gasteiger partial charge on any atom is -0.489 e. The fourth-order valence-electron chi connectivity index (χ4n) is 4.29. The first-order chi connectivity index (χ1) is 19.7. The predicted molar refractivity (Wildman–Crippen MR) is 154 cm³/mol. The highest BCUT2D eigenvalue weighted by molar-refractivity contribution is 5.79. The van der Waals surface area contributed by atoms with Crippen LogP contribution in [0.4, 0.5) is 5.82 Å². The van der Waals surface area contributed by atoms with Crippen molar-refractivity contribution in [1.82, 2.24) is 9.97 Å². The Labute approximate surface area is 233 Å². The van der Waals surface area contributed by atoms with Crippen molar-refractivity contribution in [2.45, 2.75) is 32.4 Å². The Kier molecular flexibility index (Phi) is 8.84. The van der Waals surface area contributed by atoms with Crippen molar-refractivity contribution in [3.05, 3.63) is 132 Å². The maximum atomic E-state index is 12.8. The van der Waals surface area contributed by atoms with Crippen molar-refractivity contribution < 1.29 is 18.7 Å². The first-order valence-corrected chi connectivity index (χ1v) is 13.3. The Bertz CT molecular complexity index is 1490. The fraction of sp³-hybridized carbons (Fsp3) is 0.182. The van der Waals surface area contributed by atoms with E-state index in [9.17, 15) is 4.79 Å². The van der Waals surface area contributed by atoms with Crippen LogP contribution in [-0.2, 0) is 29.0 Å². The van der Waals surface area contributed by atoms with Crippen LogP contribution in [0.15, 0.2) is 114 Å². The second kappa shape index (κ2) is 13.2. The predicted octanol–water partition coefficient (Wildman–Crippen LogP) is 6.49. The molecule has 0 saturated carbocycles. The summed E-state index contributed by atoms with van der Waals surface area (Å²) in [4.78, 5) is 22.5. The number of carbonyl (C=O) groups is 1. The summed E-state index contributed by atoms with van der Waals surface area (Å²) in [5, 5.41) is 3.28. The first kappa shape index (κ1) is 26.7. The molecule has 40 heavy (non-hydrogen) atoms. The minimum atomic E-state index is -0.679. The molecule has 0 saturated heterocycles. The lowest BCUT2D eigenvalue weighted by molar-refractivity contribution is -0.144. The molecule has 0 aliphatic heterocycles. The third kappa shape index (κ3) is 7.14. The molecule has 3 aromatic carbocycles. The molecule has 7 nitrogen and oxygen atoms in total.